The number of nitrogens with zero attached hydrogens (tertiary/aromatic N) is 1. The van der Waals surface area contributed by atoms with Gasteiger partial charge in [0.25, 0.3) is 0 Å². The van der Waals surface area contributed by atoms with Crippen LogP contribution in [-0.4, -0.2) is 19.2 Å². The van der Waals surface area contributed by atoms with Gasteiger partial charge in [-0.15, -0.1) is 0 Å². The van der Waals surface area contributed by atoms with Gasteiger partial charge in [0.1, 0.15) is 0 Å². The highest BCUT2D eigenvalue weighted by Crippen LogP contribution is 2.33. The molecule has 1 N–H and O–H groups in total. The maximum absolute atomic E-state index is 10.6. The molecular weight excluding hydrogens is 251 g/mol. The number of amides is 1. The van der Waals surface area contributed by atoms with Crippen LogP contribution >= 0.6 is 23.2 Å². The van der Waals surface area contributed by atoms with Crippen molar-refractivity contribution in [1.29, 1.82) is 0 Å². The molecule has 0 aliphatic heterocycles. The van der Waals surface area contributed by atoms with E-state index in [-0.39, 0.29) is 5.91 Å². The van der Waals surface area contributed by atoms with Crippen molar-refractivity contribution in [1.82, 2.24) is 5.43 Å². The van der Waals surface area contributed by atoms with E-state index in [2.05, 4.69) is 10.5 Å². The van der Waals surface area contributed by atoms with Crippen LogP contribution in [0.2, 0.25) is 10.0 Å². The normalized spacial score (nSPS) is 10.5. The van der Waals surface area contributed by atoms with Crippen LogP contribution in [0.15, 0.2) is 17.2 Å². The minimum atomic E-state index is -0.248. The van der Waals surface area contributed by atoms with Crippen LogP contribution in [0.1, 0.15) is 12.5 Å². The van der Waals surface area contributed by atoms with Gasteiger partial charge in [0.2, 0.25) is 5.91 Å². The Bertz CT molecular complexity index is 410. The third-order valence-electron chi connectivity index (χ3n) is 1.66. The fourth-order valence-corrected chi connectivity index (χ4v) is 1.70. The molecule has 1 aromatic carbocycles. The topological polar surface area (TPSA) is 50.7 Å². The lowest BCUT2D eigenvalue weighted by Crippen LogP contribution is -2.12. The van der Waals surface area contributed by atoms with Gasteiger partial charge >= 0.3 is 0 Å². The number of methoxy groups -OCH3 is 1. The molecule has 16 heavy (non-hydrogen) atoms. The lowest BCUT2D eigenvalue weighted by molar-refractivity contribution is -0.118. The third kappa shape index (κ3) is 3.40. The van der Waals surface area contributed by atoms with Crippen LogP contribution in [0.25, 0.3) is 0 Å². The number of ether oxygens (including phenoxy) is 1. The summed E-state index contributed by atoms with van der Waals surface area (Å²) in [5.41, 5.74) is 2.95. The number of nitrogens with one attached hydrogen (secondary N) is 1. The first-order chi connectivity index (χ1) is 7.54. The maximum atomic E-state index is 10.6. The molecule has 0 aliphatic carbocycles. The van der Waals surface area contributed by atoms with E-state index >= 15 is 0 Å². The van der Waals surface area contributed by atoms with Crippen molar-refractivity contribution in [3.8, 4) is 5.75 Å². The van der Waals surface area contributed by atoms with Crippen LogP contribution < -0.4 is 10.2 Å². The Balaban J connectivity index is 2.91. The molecular formula is C10H10Cl2N2O2. The number of carbonyl (C=O) groups is 1. The van der Waals surface area contributed by atoms with Gasteiger partial charge in [-0.05, 0) is 17.7 Å². The highest BCUT2D eigenvalue weighted by Gasteiger charge is 2.07. The van der Waals surface area contributed by atoms with Crippen molar-refractivity contribution in [2.75, 3.05) is 7.11 Å². The van der Waals surface area contributed by atoms with Gasteiger partial charge in [0.05, 0.1) is 23.4 Å². The van der Waals surface area contributed by atoms with Crippen molar-refractivity contribution in [2.24, 2.45) is 5.10 Å². The predicted octanol–water partition coefficient (Wildman–Crippen LogP) is 2.47. The number of hydrogen-bond donors (Lipinski definition) is 1. The van der Waals surface area contributed by atoms with E-state index < -0.39 is 0 Å². The molecule has 6 heteroatoms. The Morgan fingerprint density at radius 3 is 2.44 bits per heavy atom. The molecule has 0 atom stereocenters. The summed E-state index contributed by atoms with van der Waals surface area (Å²) in [4.78, 5) is 10.6. The van der Waals surface area contributed by atoms with E-state index in [4.69, 9.17) is 27.9 Å². The average molecular weight is 261 g/mol. The van der Waals surface area contributed by atoms with Gasteiger partial charge in [0, 0.05) is 6.92 Å². The zero-order valence-corrected chi connectivity index (χ0v) is 10.3. The lowest BCUT2D eigenvalue weighted by atomic mass is 10.2. The average Bonchev–Trinajstić information content (AvgIpc) is 2.16. The first-order valence-electron chi connectivity index (χ1n) is 4.37. The molecule has 0 saturated carbocycles. The summed E-state index contributed by atoms with van der Waals surface area (Å²) in [5, 5.41) is 4.47. The molecule has 0 aliphatic rings. The zero-order chi connectivity index (χ0) is 12.1. The van der Waals surface area contributed by atoms with Gasteiger partial charge in [-0.1, -0.05) is 23.2 Å². The number of carbonyl (C=O) groups excluding carboxylic acids is 1. The first kappa shape index (κ1) is 12.8. The number of benzene rings is 1. The van der Waals surface area contributed by atoms with E-state index in [0.29, 0.717) is 21.4 Å². The largest absolute Gasteiger partial charge is 0.494 e. The summed E-state index contributed by atoms with van der Waals surface area (Å²) in [5.74, 6) is 0.168. The maximum Gasteiger partial charge on any atom is 0.236 e. The standard InChI is InChI=1S/C10H10Cl2N2O2/c1-6(15)14-13-5-7-3-8(11)10(16-2)9(12)4-7/h3-5H,1-2H3,(H,14,15)/b13-5+. The molecule has 0 aromatic heterocycles. The minimum absolute atomic E-state index is 0.248. The van der Waals surface area contributed by atoms with Gasteiger partial charge in [0.15, 0.2) is 5.75 Å². The molecule has 0 radical (unpaired) electrons. The second-order valence-corrected chi connectivity index (χ2v) is 3.76. The molecule has 0 fully saturated rings. The highest BCUT2D eigenvalue weighted by molar-refractivity contribution is 6.37. The minimum Gasteiger partial charge on any atom is -0.494 e. The first-order valence-corrected chi connectivity index (χ1v) is 5.13. The van der Waals surface area contributed by atoms with Crippen LogP contribution in [0.5, 0.6) is 5.75 Å². The number of rotatable bonds is 3. The van der Waals surface area contributed by atoms with E-state index in [1.165, 1.54) is 20.2 Å². The van der Waals surface area contributed by atoms with Crippen molar-refractivity contribution >= 4 is 35.3 Å². The smallest absolute Gasteiger partial charge is 0.236 e. The fourth-order valence-electron chi connectivity index (χ4n) is 1.05. The van der Waals surface area contributed by atoms with Gasteiger partial charge in [-0.2, -0.15) is 5.10 Å². The van der Waals surface area contributed by atoms with Gasteiger partial charge < -0.3 is 4.74 Å². The van der Waals surface area contributed by atoms with Crippen molar-refractivity contribution < 1.29 is 9.53 Å². The Labute approximate surface area is 103 Å². The molecule has 0 heterocycles. The summed E-state index contributed by atoms with van der Waals surface area (Å²) in [6, 6.07) is 3.27. The monoisotopic (exact) mass is 260 g/mol. The Hall–Kier alpha value is -1.26. The SMILES string of the molecule is COc1c(Cl)cc(/C=N/NC(C)=O)cc1Cl. The van der Waals surface area contributed by atoms with E-state index in [0.717, 1.165) is 0 Å². The Morgan fingerprint density at radius 1 is 1.44 bits per heavy atom. The number of hydrogen-bond acceptors (Lipinski definition) is 3. The summed E-state index contributed by atoms with van der Waals surface area (Å²) in [6.45, 7) is 1.37. The Morgan fingerprint density at radius 2 is 2.00 bits per heavy atom. The molecule has 0 saturated heterocycles. The summed E-state index contributed by atoms with van der Waals surface area (Å²) in [7, 11) is 1.48. The van der Waals surface area contributed by atoms with E-state index in [1.807, 2.05) is 0 Å². The van der Waals surface area contributed by atoms with Crippen LogP contribution in [-0.2, 0) is 4.79 Å². The molecule has 0 bridgehead atoms. The van der Waals surface area contributed by atoms with Crippen molar-refractivity contribution in [3.63, 3.8) is 0 Å². The molecule has 1 aromatic rings. The van der Waals surface area contributed by atoms with Gasteiger partial charge in [-0.25, -0.2) is 5.43 Å². The lowest BCUT2D eigenvalue weighted by Gasteiger charge is -2.06. The van der Waals surface area contributed by atoms with Crippen LogP contribution in [0, 0.1) is 0 Å². The van der Waals surface area contributed by atoms with Crippen molar-refractivity contribution in [3.05, 3.63) is 27.7 Å². The summed E-state index contributed by atoms with van der Waals surface area (Å²) >= 11 is 11.8. The fraction of sp³-hybridized carbons (Fsp3) is 0.200. The van der Waals surface area contributed by atoms with Gasteiger partial charge in [-0.3, -0.25) is 4.79 Å². The van der Waals surface area contributed by atoms with E-state index in [1.54, 1.807) is 12.1 Å². The number of hydrazone groups is 1. The molecule has 0 spiro atoms. The summed E-state index contributed by atoms with van der Waals surface area (Å²) in [6.07, 6.45) is 1.44. The van der Waals surface area contributed by atoms with E-state index in [9.17, 15) is 4.79 Å². The quantitative estimate of drug-likeness (QED) is 0.671. The zero-order valence-electron chi connectivity index (χ0n) is 8.75. The predicted molar refractivity (Wildman–Crippen MR) is 64.4 cm³/mol. The highest BCUT2D eigenvalue weighted by atomic mass is 35.5. The molecule has 4 nitrogen and oxygen atoms in total. The molecule has 0 unspecified atom stereocenters. The Kier molecular flexibility index (Phi) is 4.58. The second kappa shape index (κ2) is 5.72. The summed E-state index contributed by atoms with van der Waals surface area (Å²) < 4.78 is 5.00. The molecule has 1 amide bonds. The second-order valence-electron chi connectivity index (χ2n) is 2.94. The van der Waals surface area contributed by atoms with Crippen LogP contribution in [0.4, 0.5) is 0 Å². The van der Waals surface area contributed by atoms with Crippen LogP contribution in [0.3, 0.4) is 0 Å². The molecule has 86 valence electrons. The molecule has 1 rings (SSSR count). The van der Waals surface area contributed by atoms with Crippen molar-refractivity contribution in [2.45, 2.75) is 6.92 Å². The third-order valence-corrected chi connectivity index (χ3v) is 2.22. The number of halogens is 2.